The normalized spacial score (nSPS) is 11.2. The summed E-state index contributed by atoms with van der Waals surface area (Å²) >= 11 is 1.57. The fraction of sp³-hybridized carbons (Fsp3) is 0.333. The molecule has 4 nitrogen and oxygen atoms in total. The highest BCUT2D eigenvalue weighted by molar-refractivity contribution is 7.99. The number of thioether (sulfide) groups is 1. The van der Waals surface area contributed by atoms with Crippen molar-refractivity contribution in [1.29, 1.82) is 0 Å². The monoisotopic (exact) mass is 424 g/mol. The van der Waals surface area contributed by atoms with Crippen molar-refractivity contribution >= 4 is 29.3 Å². The van der Waals surface area contributed by atoms with Gasteiger partial charge in [-0.2, -0.15) is 13.2 Å². The van der Waals surface area contributed by atoms with E-state index in [4.69, 9.17) is 0 Å². The van der Waals surface area contributed by atoms with Crippen LogP contribution in [0, 0.1) is 20.8 Å². The van der Waals surface area contributed by atoms with Crippen LogP contribution in [0.1, 0.15) is 33.5 Å². The van der Waals surface area contributed by atoms with Gasteiger partial charge in [0.25, 0.3) is 5.91 Å². The Labute approximate surface area is 172 Å². The second kappa shape index (κ2) is 9.82. The van der Waals surface area contributed by atoms with Gasteiger partial charge in [0.05, 0.1) is 0 Å². The zero-order valence-electron chi connectivity index (χ0n) is 16.4. The maximum Gasteiger partial charge on any atom is 0.405 e. The molecule has 2 N–H and O–H groups in total. The molecule has 0 spiro atoms. The molecule has 2 rings (SSSR count). The fourth-order valence-corrected chi connectivity index (χ4v) is 3.41. The minimum atomic E-state index is -4.48. The van der Waals surface area contributed by atoms with E-state index >= 15 is 0 Å². The Hall–Kier alpha value is -2.48. The molecule has 0 aliphatic carbocycles. The lowest BCUT2D eigenvalue weighted by atomic mass is 10.1. The first-order valence-corrected chi connectivity index (χ1v) is 9.99. The molecule has 0 bridgehead atoms. The maximum absolute atomic E-state index is 12.3. The lowest BCUT2D eigenvalue weighted by molar-refractivity contribution is -0.123. The number of carbonyl (C=O) groups excluding carboxylic acids is 2. The van der Waals surface area contributed by atoms with Gasteiger partial charge in [0.2, 0.25) is 5.91 Å². The molecule has 0 unspecified atom stereocenters. The zero-order valence-corrected chi connectivity index (χ0v) is 17.3. The van der Waals surface area contributed by atoms with Crippen LogP contribution in [-0.4, -0.2) is 30.3 Å². The summed E-state index contributed by atoms with van der Waals surface area (Å²) < 4.78 is 36.8. The van der Waals surface area contributed by atoms with Crippen molar-refractivity contribution in [2.75, 3.05) is 17.6 Å². The van der Waals surface area contributed by atoms with Gasteiger partial charge >= 0.3 is 6.18 Å². The van der Waals surface area contributed by atoms with E-state index in [0.717, 1.165) is 4.90 Å². The van der Waals surface area contributed by atoms with Crippen LogP contribution in [-0.2, 0) is 4.79 Å². The van der Waals surface area contributed by atoms with Crippen LogP contribution >= 0.6 is 11.8 Å². The lowest BCUT2D eigenvalue weighted by Gasteiger charge is -2.12. The average molecular weight is 424 g/mol. The van der Waals surface area contributed by atoms with Crippen LogP contribution in [0.2, 0.25) is 0 Å². The number of hydrogen-bond donors (Lipinski definition) is 2. The fourth-order valence-electron chi connectivity index (χ4n) is 2.46. The molecule has 0 aliphatic heterocycles. The summed E-state index contributed by atoms with van der Waals surface area (Å²) in [6, 6.07) is 10.5. The molecule has 156 valence electrons. The molecular weight excluding hydrogens is 401 g/mol. The van der Waals surface area contributed by atoms with Gasteiger partial charge in [0, 0.05) is 28.3 Å². The first kappa shape index (κ1) is 22.8. The van der Waals surface area contributed by atoms with E-state index < -0.39 is 18.6 Å². The molecule has 0 aliphatic rings. The standard InChI is InChI=1S/C21H23F3N2O2S/c1-13-5-7-17(10-15(13)3)29-9-8-19(27)26-18-11-16(6-4-14(18)2)20(28)25-12-21(22,23)24/h4-7,10-11H,8-9,12H2,1-3H3,(H,25,28)(H,26,27). The van der Waals surface area contributed by atoms with E-state index in [1.54, 1.807) is 24.8 Å². The van der Waals surface area contributed by atoms with Crippen molar-refractivity contribution in [3.8, 4) is 0 Å². The molecule has 0 aromatic heterocycles. The van der Waals surface area contributed by atoms with Crippen molar-refractivity contribution in [1.82, 2.24) is 5.32 Å². The highest BCUT2D eigenvalue weighted by Gasteiger charge is 2.28. The summed E-state index contributed by atoms with van der Waals surface area (Å²) in [5, 5.41) is 4.55. The van der Waals surface area contributed by atoms with E-state index in [1.165, 1.54) is 23.3 Å². The van der Waals surface area contributed by atoms with Gasteiger partial charge < -0.3 is 10.6 Å². The summed E-state index contributed by atoms with van der Waals surface area (Å²) in [4.78, 5) is 25.2. The third-order valence-electron chi connectivity index (χ3n) is 4.30. The molecule has 2 aromatic carbocycles. The first-order chi connectivity index (χ1) is 13.5. The van der Waals surface area contributed by atoms with E-state index in [9.17, 15) is 22.8 Å². The summed E-state index contributed by atoms with van der Waals surface area (Å²) in [5.74, 6) is -0.487. The Morgan fingerprint density at radius 1 is 0.966 bits per heavy atom. The summed E-state index contributed by atoms with van der Waals surface area (Å²) in [6.45, 7) is 4.41. The number of anilines is 1. The molecule has 0 heterocycles. The maximum atomic E-state index is 12.3. The quantitative estimate of drug-likeness (QED) is 0.614. The largest absolute Gasteiger partial charge is 0.405 e. The van der Waals surface area contributed by atoms with Gasteiger partial charge in [-0.05, 0) is 61.7 Å². The number of rotatable bonds is 7. The third kappa shape index (κ3) is 7.45. The number of aryl methyl sites for hydroxylation is 3. The Balaban J connectivity index is 1.91. The van der Waals surface area contributed by atoms with E-state index in [2.05, 4.69) is 11.4 Å². The van der Waals surface area contributed by atoms with Gasteiger partial charge in [0.1, 0.15) is 6.54 Å². The molecule has 2 aromatic rings. The van der Waals surface area contributed by atoms with Crippen molar-refractivity contribution in [2.45, 2.75) is 38.3 Å². The molecular formula is C21H23F3N2O2S. The SMILES string of the molecule is Cc1ccc(SCCC(=O)Nc2cc(C(=O)NCC(F)(F)F)ccc2C)cc1C. The Kier molecular flexibility index (Phi) is 7.73. The summed E-state index contributed by atoms with van der Waals surface area (Å²) in [7, 11) is 0. The second-order valence-corrected chi connectivity index (χ2v) is 7.89. The number of nitrogens with one attached hydrogen (secondary N) is 2. The smallest absolute Gasteiger partial charge is 0.343 e. The zero-order chi connectivity index (χ0) is 21.6. The second-order valence-electron chi connectivity index (χ2n) is 6.72. The predicted molar refractivity (Wildman–Crippen MR) is 109 cm³/mol. The molecule has 0 saturated heterocycles. The van der Waals surface area contributed by atoms with Crippen LogP contribution in [0.3, 0.4) is 0 Å². The van der Waals surface area contributed by atoms with Crippen LogP contribution < -0.4 is 10.6 Å². The highest BCUT2D eigenvalue weighted by Crippen LogP contribution is 2.23. The van der Waals surface area contributed by atoms with Crippen LogP contribution in [0.15, 0.2) is 41.3 Å². The van der Waals surface area contributed by atoms with Gasteiger partial charge in [-0.25, -0.2) is 0 Å². The number of alkyl halides is 3. The molecule has 8 heteroatoms. The number of carbonyl (C=O) groups is 2. The highest BCUT2D eigenvalue weighted by atomic mass is 32.2. The molecule has 0 radical (unpaired) electrons. The Morgan fingerprint density at radius 2 is 1.66 bits per heavy atom. The minimum Gasteiger partial charge on any atom is -0.343 e. The van der Waals surface area contributed by atoms with Crippen molar-refractivity contribution in [2.24, 2.45) is 0 Å². The molecule has 2 amide bonds. The van der Waals surface area contributed by atoms with Crippen molar-refractivity contribution in [3.05, 3.63) is 58.7 Å². The molecule has 0 atom stereocenters. The van der Waals surface area contributed by atoms with Gasteiger partial charge in [-0.1, -0.05) is 12.1 Å². The van der Waals surface area contributed by atoms with Crippen LogP contribution in [0.5, 0.6) is 0 Å². The van der Waals surface area contributed by atoms with E-state index in [1.807, 2.05) is 31.3 Å². The van der Waals surface area contributed by atoms with Gasteiger partial charge in [0.15, 0.2) is 0 Å². The van der Waals surface area contributed by atoms with Gasteiger partial charge in [-0.15, -0.1) is 11.8 Å². The summed E-state index contributed by atoms with van der Waals surface area (Å²) in [6.07, 6.45) is -4.22. The lowest BCUT2D eigenvalue weighted by Crippen LogP contribution is -2.33. The summed E-state index contributed by atoms with van der Waals surface area (Å²) in [5.41, 5.74) is 3.58. The van der Waals surface area contributed by atoms with Crippen LogP contribution in [0.25, 0.3) is 0 Å². The topological polar surface area (TPSA) is 58.2 Å². The van der Waals surface area contributed by atoms with Crippen molar-refractivity contribution in [3.63, 3.8) is 0 Å². The van der Waals surface area contributed by atoms with E-state index in [0.29, 0.717) is 17.0 Å². The first-order valence-electron chi connectivity index (χ1n) is 9.00. The van der Waals surface area contributed by atoms with Crippen molar-refractivity contribution < 1.29 is 22.8 Å². The molecule has 0 saturated carbocycles. The number of hydrogen-bond acceptors (Lipinski definition) is 3. The molecule has 29 heavy (non-hydrogen) atoms. The molecule has 0 fully saturated rings. The minimum absolute atomic E-state index is 0.0552. The number of benzene rings is 2. The third-order valence-corrected chi connectivity index (χ3v) is 5.29. The Bertz CT molecular complexity index is 898. The van der Waals surface area contributed by atoms with E-state index in [-0.39, 0.29) is 17.9 Å². The van der Waals surface area contributed by atoms with Crippen LogP contribution in [0.4, 0.5) is 18.9 Å². The predicted octanol–water partition coefficient (Wildman–Crippen LogP) is 5.02. The number of halogens is 3. The van der Waals surface area contributed by atoms with Gasteiger partial charge in [-0.3, -0.25) is 9.59 Å². The Morgan fingerprint density at radius 3 is 2.31 bits per heavy atom. The average Bonchev–Trinajstić information content (AvgIpc) is 2.64. The number of amides is 2.